The smallest absolute Gasteiger partial charge is 0.171 e. The zero-order valence-corrected chi connectivity index (χ0v) is 17.5. The number of hydrogen-bond donors (Lipinski definition) is 0. The molecule has 2 aromatic carbocycles. The lowest BCUT2D eigenvalue weighted by Gasteiger charge is -2.27. The molecule has 0 heterocycles. The quantitative estimate of drug-likeness (QED) is 0.495. The Balaban J connectivity index is 2.40. The second-order valence-corrected chi connectivity index (χ2v) is 8.84. The van der Waals surface area contributed by atoms with Gasteiger partial charge < -0.3 is 0 Å². The molecule has 0 nitrogen and oxygen atoms in total. The van der Waals surface area contributed by atoms with E-state index in [1.54, 1.807) is 0 Å². The Bertz CT molecular complexity index is 749. The van der Waals surface area contributed by atoms with Crippen molar-refractivity contribution in [1.82, 2.24) is 0 Å². The van der Waals surface area contributed by atoms with Gasteiger partial charge in [-0.15, -0.1) is 0 Å². The highest BCUT2D eigenvalue weighted by Crippen LogP contribution is 2.40. The minimum Gasteiger partial charge on any atom is -0.171 e. The number of hydrogen-bond acceptors (Lipinski definition) is 0. The van der Waals surface area contributed by atoms with Gasteiger partial charge in [0.2, 0.25) is 0 Å². The van der Waals surface area contributed by atoms with Crippen molar-refractivity contribution < 1.29 is 13.2 Å². The molecule has 148 valence electrons. The summed E-state index contributed by atoms with van der Waals surface area (Å²) in [6.45, 7) is 13.5. The van der Waals surface area contributed by atoms with Crippen LogP contribution in [0.15, 0.2) is 36.4 Å². The molecule has 0 aliphatic rings. The second kappa shape index (κ2) is 7.69. The van der Waals surface area contributed by atoms with Crippen molar-refractivity contribution in [1.29, 1.82) is 0 Å². The number of halogens is 3. The van der Waals surface area contributed by atoms with Crippen LogP contribution in [0.4, 0.5) is 13.2 Å². The lowest BCUT2D eigenvalue weighted by Crippen LogP contribution is -2.34. The van der Waals surface area contributed by atoms with Gasteiger partial charge in [0.1, 0.15) is 0 Å². The molecule has 2 rings (SSSR count). The van der Waals surface area contributed by atoms with E-state index >= 15 is 0 Å². The fourth-order valence-corrected chi connectivity index (χ4v) is 3.55. The number of benzene rings is 2. The highest BCUT2D eigenvalue weighted by atomic mass is 19.4. The molecule has 0 atom stereocenters. The Labute approximate surface area is 161 Å². The first-order chi connectivity index (χ1) is 12.3. The minimum atomic E-state index is -4.21. The largest absolute Gasteiger partial charge is 0.394 e. The molecule has 0 aromatic heterocycles. The average molecular weight is 377 g/mol. The van der Waals surface area contributed by atoms with E-state index in [-0.39, 0.29) is 6.42 Å². The van der Waals surface area contributed by atoms with E-state index in [0.29, 0.717) is 17.4 Å². The van der Waals surface area contributed by atoms with Gasteiger partial charge in [-0.1, -0.05) is 77.9 Å². The Hall–Kier alpha value is -1.77. The third-order valence-electron chi connectivity index (χ3n) is 5.43. The number of alkyl halides is 3. The van der Waals surface area contributed by atoms with Crippen LogP contribution in [0.3, 0.4) is 0 Å². The van der Waals surface area contributed by atoms with Crippen LogP contribution in [-0.2, 0) is 6.42 Å². The fourth-order valence-electron chi connectivity index (χ4n) is 3.55. The molecule has 0 aliphatic carbocycles. The van der Waals surface area contributed by atoms with Crippen molar-refractivity contribution in [3.05, 3.63) is 58.7 Å². The van der Waals surface area contributed by atoms with Crippen LogP contribution in [0.2, 0.25) is 0 Å². The molecule has 2 aromatic rings. The van der Waals surface area contributed by atoms with Gasteiger partial charge in [-0.25, -0.2) is 0 Å². The van der Waals surface area contributed by atoms with Crippen LogP contribution in [0, 0.1) is 12.3 Å². The molecule has 0 saturated carbocycles. The van der Waals surface area contributed by atoms with Gasteiger partial charge >= 0.3 is 6.18 Å². The summed E-state index contributed by atoms with van der Waals surface area (Å²) in [5.41, 5.74) is 5.17. The summed E-state index contributed by atoms with van der Waals surface area (Å²) in [5, 5.41) is 0. The minimum absolute atomic E-state index is 0.0147. The van der Waals surface area contributed by atoms with Crippen LogP contribution < -0.4 is 0 Å². The van der Waals surface area contributed by atoms with Crippen molar-refractivity contribution in [3.8, 4) is 11.1 Å². The van der Waals surface area contributed by atoms with Crippen molar-refractivity contribution >= 4 is 0 Å². The van der Waals surface area contributed by atoms with Crippen molar-refractivity contribution in [3.63, 3.8) is 0 Å². The monoisotopic (exact) mass is 376 g/mol. The van der Waals surface area contributed by atoms with Crippen LogP contribution >= 0.6 is 0 Å². The molecule has 0 aliphatic heterocycles. The maximum absolute atomic E-state index is 13.1. The topological polar surface area (TPSA) is 0 Å². The molecule has 27 heavy (non-hydrogen) atoms. The van der Waals surface area contributed by atoms with Gasteiger partial charge in [-0.05, 0) is 58.6 Å². The Morgan fingerprint density at radius 1 is 0.778 bits per heavy atom. The Morgan fingerprint density at radius 3 is 1.59 bits per heavy atom. The SMILES string of the molecule is Cc1c(C(C)C)cc(-c2ccc(CC(C)(C)C(F)(F)F)cc2)cc1C(C)C. The zero-order valence-electron chi connectivity index (χ0n) is 17.5. The molecule has 0 amide bonds. The molecule has 0 saturated heterocycles. The predicted molar refractivity (Wildman–Crippen MR) is 108 cm³/mol. The second-order valence-electron chi connectivity index (χ2n) is 8.84. The summed E-state index contributed by atoms with van der Waals surface area (Å²) in [6.07, 6.45) is -4.22. The lowest BCUT2D eigenvalue weighted by molar-refractivity contribution is -0.211. The lowest BCUT2D eigenvalue weighted by atomic mass is 9.84. The van der Waals surface area contributed by atoms with Gasteiger partial charge in [0, 0.05) is 0 Å². The first-order valence-electron chi connectivity index (χ1n) is 9.64. The molecule has 0 spiro atoms. The van der Waals surface area contributed by atoms with E-state index in [4.69, 9.17) is 0 Å². The third-order valence-corrected chi connectivity index (χ3v) is 5.43. The van der Waals surface area contributed by atoms with E-state index in [1.807, 2.05) is 24.3 Å². The van der Waals surface area contributed by atoms with Gasteiger partial charge in [0.15, 0.2) is 0 Å². The van der Waals surface area contributed by atoms with E-state index in [9.17, 15) is 13.2 Å². The van der Waals surface area contributed by atoms with Crippen molar-refractivity contribution in [2.24, 2.45) is 5.41 Å². The van der Waals surface area contributed by atoms with Gasteiger partial charge in [-0.3, -0.25) is 0 Å². The van der Waals surface area contributed by atoms with Crippen LogP contribution in [0.5, 0.6) is 0 Å². The van der Waals surface area contributed by atoms with Gasteiger partial charge in [-0.2, -0.15) is 13.2 Å². The molecule has 0 N–H and O–H groups in total. The molecule has 0 fully saturated rings. The van der Waals surface area contributed by atoms with Crippen molar-refractivity contribution in [2.45, 2.75) is 72.9 Å². The first kappa shape index (κ1) is 21.5. The number of rotatable bonds is 5. The van der Waals surface area contributed by atoms with E-state index in [0.717, 1.165) is 11.1 Å². The van der Waals surface area contributed by atoms with Gasteiger partial charge in [0.05, 0.1) is 5.41 Å². The molecule has 0 radical (unpaired) electrons. The summed E-state index contributed by atoms with van der Waals surface area (Å²) in [6, 6.07) is 12.0. The van der Waals surface area contributed by atoms with E-state index < -0.39 is 11.6 Å². The molecule has 0 unspecified atom stereocenters. The summed E-state index contributed by atoms with van der Waals surface area (Å²) >= 11 is 0. The molecule has 3 heteroatoms. The normalized spacial score (nSPS) is 12.9. The summed E-state index contributed by atoms with van der Waals surface area (Å²) in [5.74, 6) is 0.851. The molecular weight excluding hydrogens is 345 g/mol. The van der Waals surface area contributed by atoms with Crippen molar-refractivity contribution in [2.75, 3.05) is 0 Å². The molecule has 0 bridgehead atoms. The standard InChI is InChI=1S/C24H31F3/c1-15(2)21-12-20(13-22(16(3)4)17(21)5)19-10-8-18(9-11-19)14-23(6,7)24(25,26)27/h8-13,15-16H,14H2,1-7H3. The summed E-state index contributed by atoms with van der Waals surface area (Å²) in [4.78, 5) is 0. The maximum atomic E-state index is 13.1. The highest BCUT2D eigenvalue weighted by Gasteiger charge is 2.46. The zero-order chi connectivity index (χ0) is 20.6. The Kier molecular flexibility index (Phi) is 6.13. The summed E-state index contributed by atoms with van der Waals surface area (Å²) in [7, 11) is 0. The molecular formula is C24H31F3. The summed E-state index contributed by atoms with van der Waals surface area (Å²) < 4.78 is 39.4. The van der Waals surface area contributed by atoms with E-state index in [1.165, 1.54) is 30.5 Å². The highest BCUT2D eigenvalue weighted by molar-refractivity contribution is 5.67. The van der Waals surface area contributed by atoms with Crippen LogP contribution in [0.25, 0.3) is 11.1 Å². The fraction of sp³-hybridized carbons (Fsp3) is 0.500. The maximum Gasteiger partial charge on any atom is 0.394 e. The third kappa shape index (κ3) is 4.75. The van der Waals surface area contributed by atoms with Crippen LogP contribution in [-0.4, -0.2) is 6.18 Å². The van der Waals surface area contributed by atoms with Crippen LogP contribution in [0.1, 0.15) is 75.6 Å². The van der Waals surface area contributed by atoms with Gasteiger partial charge in [0.25, 0.3) is 0 Å². The Morgan fingerprint density at radius 2 is 1.22 bits per heavy atom. The first-order valence-corrected chi connectivity index (χ1v) is 9.64. The van der Waals surface area contributed by atoms with E-state index in [2.05, 4.69) is 46.8 Å². The average Bonchev–Trinajstić information content (AvgIpc) is 2.54. The predicted octanol–water partition coefficient (Wildman–Crippen LogP) is 8.04.